The second-order valence-corrected chi connectivity index (χ2v) is 10.1. The molecule has 34 heavy (non-hydrogen) atoms. The van der Waals surface area contributed by atoms with Gasteiger partial charge in [-0.15, -0.1) is 0 Å². The van der Waals surface area contributed by atoms with E-state index in [-0.39, 0.29) is 18.1 Å². The maximum atomic E-state index is 13.4. The maximum absolute atomic E-state index is 13.4. The van der Waals surface area contributed by atoms with Gasteiger partial charge < -0.3 is 20.5 Å². The molecule has 1 saturated carbocycles. The first-order chi connectivity index (χ1) is 16.2. The van der Waals surface area contributed by atoms with Gasteiger partial charge in [-0.2, -0.15) is 0 Å². The highest BCUT2D eigenvalue weighted by atomic mass is 16.7. The van der Waals surface area contributed by atoms with Crippen molar-refractivity contribution in [2.24, 2.45) is 5.73 Å². The number of hydrogen-bond acceptors (Lipinski definition) is 4. The number of ether oxygens (including phenoxy) is 2. The van der Waals surface area contributed by atoms with E-state index in [4.69, 9.17) is 15.2 Å². The summed E-state index contributed by atoms with van der Waals surface area (Å²) in [5, 5.41) is 3.14. The zero-order valence-electron chi connectivity index (χ0n) is 19.6. The molecule has 1 fully saturated rings. The summed E-state index contributed by atoms with van der Waals surface area (Å²) in [5.74, 6) is 0.921. The molecule has 0 saturated heterocycles. The predicted octanol–water partition coefficient (Wildman–Crippen LogP) is 5.15. The van der Waals surface area contributed by atoms with Crippen LogP contribution in [-0.4, -0.2) is 18.6 Å². The van der Waals surface area contributed by atoms with Crippen LogP contribution in [0.4, 0.5) is 5.69 Å². The van der Waals surface area contributed by atoms with Gasteiger partial charge in [-0.05, 0) is 76.9 Å². The van der Waals surface area contributed by atoms with Crippen LogP contribution in [0.5, 0.6) is 11.5 Å². The van der Waals surface area contributed by atoms with Crippen molar-refractivity contribution in [1.82, 2.24) is 0 Å². The Morgan fingerprint density at radius 1 is 0.912 bits per heavy atom. The van der Waals surface area contributed by atoms with Gasteiger partial charge in [-0.1, -0.05) is 45.0 Å². The van der Waals surface area contributed by atoms with Crippen LogP contribution in [0.1, 0.15) is 55.1 Å². The number of benzene rings is 3. The smallest absolute Gasteiger partial charge is 0.248 e. The molecule has 5 rings (SSSR count). The van der Waals surface area contributed by atoms with Crippen LogP contribution in [-0.2, 0) is 15.6 Å². The fourth-order valence-electron chi connectivity index (χ4n) is 4.55. The molecular formula is C28H28N2O4. The lowest BCUT2D eigenvalue weighted by Crippen LogP contribution is -2.28. The molecule has 0 unspecified atom stereocenters. The Kier molecular flexibility index (Phi) is 5.12. The Labute approximate surface area is 199 Å². The molecule has 1 heterocycles. The first kappa shape index (κ1) is 22.0. The molecule has 2 aliphatic rings. The van der Waals surface area contributed by atoms with E-state index in [1.807, 2.05) is 42.5 Å². The number of nitrogens with two attached hydrogens (primary N) is 1. The largest absolute Gasteiger partial charge is 0.454 e. The predicted molar refractivity (Wildman–Crippen MR) is 131 cm³/mol. The van der Waals surface area contributed by atoms with Gasteiger partial charge in [-0.25, -0.2) is 0 Å². The summed E-state index contributed by atoms with van der Waals surface area (Å²) in [6.07, 6.45) is 1.58. The van der Waals surface area contributed by atoms with Gasteiger partial charge in [0, 0.05) is 11.3 Å². The Morgan fingerprint density at radius 2 is 1.62 bits per heavy atom. The normalized spacial score (nSPS) is 15.6. The van der Waals surface area contributed by atoms with Gasteiger partial charge in [0.15, 0.2) is 11.5 Å². The summed E-state index contributed by atoms with van der Waals surface area (Å²) in [6, 6.07) is 19.0. The summed E-state index contributed by atoms with van der Waals surface area (Å²) >= 11 is 0. The molecule has 0 aromatic heterocycles. The summed E-state index contributed by atoms with van der Waals surface area (Å²) < 4.78 is 10.9. The van der Waals surface area contributed by atoms with E-state index in [0.29, 0.717) is 17.1 Å². The van der Waals surface area contributed by atoms with Crippen molar-refractivity contribution in [3.63, 3.8) is 0 Å². The summed E-state index contributed by atoms with van der Waals surface area (Å²) in [7, 11) is 0. The van der Waals surface area contributed by atoms with Crippen LogP contribution in [0.3, 0.4) is 0 Å². The van der Waals surface area contributed by atoms with E-state index in [1.54, 1.807) is 12.1 Å². The number of carbonyl (C=O) groups is 2. The summed E-state index contributed by atoms with van der Waals surface area (Å²) in [5.41, 5.74) is 10.0. The van der Waals surface area contributed by atoms with Gasteiger partial charge in [-0.3, -0.25) is 9.59 Å². The Morgan fingerprint density at radius 3 is 2.26 bits per heavy atom. The average Bonchev–Trinajstić information content (AvgIpc) is 3.49. The molecule has 1 aliphatic heterocycles. The first-order valence-corrected chi connectivity index (χ1v) is 11.4. The van der Waals surface area contributed by atoms with E-state index in [0.717, 1.165) is 40.8 Å². The lowest BCUT2D eigenvalue weighted by atomic mass is 9.81. The minimum absolute atomic E-state index is 0.0232. The van der Waals surface area contributed by atoms with E-state index in [2.05, 4.69) is 32.2 Å². The highest BCUT2D eigenvalue weighted by Crippen LogP contribution is 2.51. The van der Waals surface area contributed by atoms with Gasteiger partial charge in [0.2, 0.25) is 18.6 Å². The molecule has 3 N–H and O–H groups in total. The quantitative estimate of drug-likeness (QED) is 0.556. The average molecular weight is 457 g/mol. The number of amides is 2. The van der Waals surface area contributed by atoms with Crippen molar-refractivity contribution in [2.45, 2.75) is 44.4 Å². The molecule has 6 nitrogen and oxygen atoms in total. The van der Waals surface area contributed by atoms with E-state index in [1.165, 1.54) is 0 Å². The molecule has 1 aliphatic carbocycles. The Bertz CT molecular complexity index is 1280. The van der Waals surface area contributed by atoms with Crippen molar-refractivity contribution in [3.8, 4) is 22.6 Å². The molecule has 174 valence electrons. The highest BCUT2D eigenvalue weighted by Gasteiger charge is 2.51. The van der Waals surface area contributed by atoms with Gasteiger partial charge in [0.1, 0.15) is 0 Å². The molecule has 0 spiro atoms. The molecule has 2 amide bonds. The molecular weight excluding hydrogens is 428 g/mol. The minimum atomic E-state index is -0.549. The minimum Gasteiger partial charge on any atom is -0.454 e. The topological polar surface area (TPSA) is 90.7 Å². The molecule has 3 aromatic carbocycles. The summed E-state index contributed by atoms with van der Waals surface area (Å²) in [6.45, 7) is 6.67. The zero-order valence-corrected chi connectivity index (χ0v) is 19.6. The summed E-state index contributed by atoms with van der Waals surface area (Å²) in [4.78, 5) is 24.9. The van der Waals surface area contributed by atoms with Crippen LogP contribution in [0.15, 0.2) is 60.7 Å². The number of nitrogens with one attached hydrogen (secondary N) is 1. The van der Waals surface area contributed by atoms with Crippen LogP contribution >= 0.6 is 0 Å². The van der Waals surface area contributed by atoms with Crippen LogP contribution in [0.25, 0.3) is 11.1 Å². The van der Waals surface area contributed by atoms with Gasteiger partial charge >= 0.3 is 0 Å². The third-order valence-electron chi connectivity index (χ3n) is 6.68. The zero-order chi connectivity index (χ0) is 24.1. The Hall–Kier alpha value is -3.80. The number of hydrogen-bond donors (Lipinski definition) is 2. The first-order valence-electron chi connectivity index (χ1n) is 11.4. The van der Waals surface area contributed by atoms with E-state index < -0.39 is 11.3 Å². The number of rotatable bonds is 5. The lowest BCUT2D eigenvalue weighted by molar-refractivity contribution is -0.118. The standard InChI is InChI=1S/C28H28N2O4/c1-27(2,3)22-10-9-20(15-21(22)17-4-6-18(7-5-17)25(29)31)30-26(32)28(12-13-28)19-8-11-23-24(14-19)34-16-33-23/h4-11,14-15H,12-13,16H2,1-3H3,(H2,29,31)(H,30,32). The van der Waals surface area contributed by atoms with Crippen molar-refractivity contribution >= 4 is 17.5 Å². The molecule has 0 radical (unpaired) electrons. The number of anilines is 1. The van der Waals surface area contributed by atoms with Crippen molar-refractivity contribution in [2.75, 3.05) is 12.1 Å². The van der Waals surface area contributed by atoms with Crippen LogP contribution in [0, 0.1) is 0 Å². The highest BCUT2D eigenvalue weighted by molar-refractivity contribution is 6.02. The number of carbonyl (C=O) groups excluding carboxylic acids is 2. The van der Waals surface area contributed by atoms with Crippen LogP contribution < -0.4 is 20.5 Å². The fraction of sp³-hybridized carbons (Fsp3) is 0.286. The third kappa shape index (κ3) is 3.89. The lowest BCUT2D eigenvalue weighted by Gasteiger charge is -2.24. The Balaban J connectivity index is 1.46. The van der Waals surface area contributed by atoms with Crippen molar-refractivity contribution < 1.29 is 19.1 Å². The van der Waals surface area contributed by atoms with Gasteiger partial charge in [0.25, 0.3) is 0 Å². The van der Waals surface area contributed by atoms with Crippen molar-refractivity contribution in [1.29, 1.82) is 0 Å². The second-order valence-electron chi connectivity index (χ2n) is 10.1. The SMILES string of the molecule is CC(C)(C)c1ccc(NC(=O)C2(c3ccc4c(c3)OCO4)CC2)cc1-c1ccc(C(N)=O)cc1. The third-order valence-corrected chi connectivity index (χ3v) is 6.68. The second kappa shape index (κ2) is 7.90. The molecule has 6 heteroatoms. The van der Waals surface area contributed by atoms with Gasteiger partial charge in [0.05, 0.1) is 5.41 Å². The van der Waals surface area contributed by atoms with Crippen molar-refractivity contribution in [3.05, 3.63) is 77.4 Å². The molecule has 3 aromatic rings. The number of fused-ring (bicyclic) bond motifs is 1. The molecule has 0 atom stereocenters. The molecule has 0 bridgehead atoms. The number of primary amides is 1. The van der Waals surface area contributed by atoms with E-state index >= 15 is 0 Å². The van der Waals surface area contributed by atoms with Crippen LogP contribution in [0.2, 0.25) is 0 Å². The van der Waals surface area contributed by atoms with E-state index in [9.17, 15) is 9.59 Å². The maximum Gasteiger partial charge on any atom is 0.248 e. The fourth-order valence-corrected chi connectivity index (χ4v) is 4.55. The monoisotopic (exact) mass is 456 g/mol.